The zero-order valence-corrected chi connectivity index (χ0v) is 9.61. The van der Waals surface area contributed by atoms with E-state index in [0.29, 0.717) is 27.8 Å². The van der Waals surface area contributed by atoms with Gasteiger partial charge in [0.2, 0.25) is 0 Å². The van der Waals surface area contributed by atoms with E-state index < -0.39 is 0 Å². The Hall–Kier alpha value is -2.18. The third-order valence-corrected chi connectivity index (χ3v) is 2.49. The summed E-state index contributed by atoms with van der Waals surface area (Å²) in [5.74, 6) is 0.900. The third kappa shape index (κ3) is 2.49. The molecule has 0 aliphatic rings. The predicted octanol–water partition coefficient (Wildman–Crippen LogP) is 3.59. The van der Waals surface area contributed by atoms with Gasteiger partial charge in [0, 0.05) is 11.8 Å². The van der Waals surface area contributed by atoms with E-state index in [9.17, 15) is 0 Å². The largest absolute Gasteiger partial charge is 0.454 e. The molecule has 2 aromatic rings. The number of para-hydroxylation sites is 1. The smallest absolute Gasteiger partial charge is 0.148 e. The summed E-state index contributed by atoms with van der Waals surface area (Å²) in [5.41, 5.74) is 6.65. The van der Waals surface area contributed by atoms with Crippen molar-refractivity contribution in [2.75, 3.05) is 5.73 Å². The summed E-state index contributed by atoms with van der Waals surface area (Å²) >= 11 is 5.98. The maximum Gasteiger partial charge on any atom is 0.148 e. The van der Waals surface area contributed by atoms with Gasteiger partial charge in [0.25, 0.3) is 0 Å². The second kappa shape index (κ2) is 4.77. The molecule has 0 bridgehead atoms. The van der Waals surface area contributed by atoms with Crippen molar-refractivity contribution in [2.45, 2.75) is 0 Å². The fraction of sp³-hybridized carbons (Fsp3) is 0. The fourth-order valence-electron chi connectivity index (χ4n) is 1.36. The molecule has 0 unspecified atom stereocenters. The van der Waals surface area contributed by atoms with Crippen LogP contribution in [-0.4, -0.2) is 0 Å². The summed E-state index contributed by atoms with van der Waals surface area (Å²) in [6.07, 6.45) is 0. The van der Waals surface area contributed by atoms with Gasteiger partial charge in [-0.25, -0.2) is 0 Å². The number of nitriles is 1. The topological polar surface area (TPSA) is 59.0 Å². The number of anilines is 1. The van der Waals surface area contributed by atoms with Gasteiger partial charge in [0.1, 0.15) is 17.6 Å². The highest BCUT2D eigenvalue weighted by Gasteiger charge is 2.07. The molecule has 0 atom stereocenters. The fourth-order valence-corrected chi connectivity index (χ4v) is 1.52. The first-order chi connectivity index (χ1) is 8.20. The SMILES string of the molecule is N#Cc1ccccc1Oc1cc(N)ccc1Cl. The van der Waals surface area contributed by atoms with Crippen LogP contribution in [0.1, 0.15) is 5.56 Å². The van der Waals surface area contributed by atoms with E-state index in [1.54, 1.807) is 42.5 Å². The zero-order valence-electron chi connectivity index (χ0n) is 8.85. The highest BCUT2D eigenvalue weighted by Crippen LogP contribution is 2.32. The molecular weight excluding hydrogens is 236 g/mol. The molecule has 0 aliphatic carbocycles. The highest BCUT2D eigenvalue weighted by atomic mass is 35.5. The first-order valence-corrected chi connectivity index (χ1v) is 5.30. The molecule has 17 heavy (non-hydrogen) atoms. The average molecular weight is 245 g/mol. The van der Waals surface area contributed by atoms with E-state index in [-0.39, 0.29) is 0 Å². The molecule has 3 nitrogen and oxygen atoms in total. The summed E-state index contributed by atoms with van der Waals surface area (Å²) in [4.78, 5) is 0. The first kappa shape index (κ1) is 11.3. The van der Waals surface area contributed by atoms with Crippen molar-refractivity contribution >= 4 is 17.3 Å². The number of nitrogens with two attached hydrogens (primary N) is 1. The van der Waals surface area contributed by atoms with Gasteiger partial charge in [0.15, 0.2) is 0 Å². The van der Waals surface area contributed by atoms with Crippen LogP contribution in [0.2, 0.25) is 5.02 Å². The third-order valence-electron chi connectivity index (χ3n) is 2.18. The Labute approximate surface area is 104 Å². The molecule has 0 amide bonds. The number of benzene rings is 2. The molecule has 0 saturated carbocycles. The van der Waals surface area contributed by atoms with Gasteiger partial charge in [-0.15, -0.1) is 0 Å². The van der Waals surface area contributed by atoms with Gasteiger partial charge in [-0.2, -0.15) is 5.26 Å². The van der Waals surface area contributed by atoms with Crippen molar-refractivity contribution in [3.8, 4) is 17.6 Å². The Balaban J connectivity index is 2.38. The van der Waals surface area contributed by atoms with Gasteiger partial charge < -0.3 is 10.5 Å². The quantitative estimate of drug-likeness (QED) is 0.822. The van der Waals surface area contributed by atoms with E-state index >= 15 is 0 Å². The number of halogens is 1. The Morgan fingerprint density at radius 3 is 2.65 bits per heavy atom. The molecule has 0 aliphatic heterocycles. The maximum atomic E-state index is 8.93. The van der Waals surface area contributed by atoms with Crippen LogP contribution in [0, 0.1) is 11.3 Å². The number of nitrogen functional groups attached to an aromatic ring is 1. The number of ether oxygens (including phenoxy) is 1. The Morgan fingerprint density at radius 1 is 1.12 bits per heavy atom. The summed E-state index contributed by atoms with van der Waals surface area (Å²) in [5, 5.41) is 9.38. The molecule has 0 aromatic heterocycles. The van der Waals surface area contributed by atoms with Crippen molar-refractivity contribution < 1.29 is 4.74 Å². The van der Waals surface area contributed by atoms with Crippen LogP contribution in [0.15, 0.2) is 42.5 Å². The lowest BCUT2D eigenvalue weighted by Crippen LogP contribution is -1.91. The van der Waals surface area contributed by atoms with Crippen LogP contribution in [0.5, 0.6) is 11.5 Å². The van der Waals surface area contributed by atoms with E-state index in [4.69, 9.17) is 27.3 Å². The Bertz CT molecular complexity index is 590. The van der Waals surface area contributed by atoms with Crippen LogP contribution >= 0.6 is 11.6 Å². The predicted molar refractivity (Wildman–Crippen MR) is 67.1 cm³/mol. The van der Waals surface area contributed by atoms with Crippen LogP contribution in [0.4, 0.5) is 5.69 Å². The van der Waals surface area contributed by atoms with Gasteiger partial charge in [-0.3, -0.25) is 0 Å². The molecule has 0 radical (unpaired) electrons. The monoisotopic (exact) mass is 244 g/mol. The summed E-state index contributed by atoms with van der Waals surface area (Å²) < 4.78 is 5.58. The summed E-state index contributed by atoms with van der Waals surface area (Å²) in [7, 11) is 0. The molecule has 0 spiro atoms. The van der Waals surface area contributed by atoms with Crippen LogP contribution in [0.3, 0.4) is 0 Å². The standard InChI is InChI=1S/C13H9ClN2O/c14-11-6-5-10(16)7-13(11)17-12-4-2-1-3-9(12)8-15/h1-7H,16H2. The second-order valence-electron chi connectivity index (χ2n) is 3.40. The van der Waals surface area contributed by atoms with Crippen molar-refractivity contribution in [2.24, 2.45) is 0 Å². The number of rotatable bonds is 2. The van der Waals surface area contributed by atoms with Crippen molar-refractivity contribution in [1.29, 1.82) is 5.26 Å². The van der Waals surface area contributed by atoms with Crippen molar-refractivity contribution in [3.05, 3.63) is 53.1 Å². The van der Waals surface area contributed by atoms with Crippen LogP contribution in [0.25, 0.3) is 0 Å². The molecule has 2 N–H and O–H groups in total. The van der Waals surface area contributed by atoms with Crippen LogP contribution in [-0.2, 0) is 0 Å². The van der Waals surface area contributed by atoms with Gasteiger partial charge in [0.05, 0.1) is 10.6 Å². The molecule has 2 rings (SSSR count). The number of hydrogen-bond donors (Lipinski definition) is 1. The lowest BCUT2D eigenvalue weighted by Gasteiger charge is -2.09. The normalized spacial score (nSPS) is 9.65. The van der Waals surface area contributed by atoms with E-state index in [1.807, 2.05) is 0 Å². The second-order valence-corrected chi connectivity index (χ2v) is 3.81. The molecule has 0 saturated heterocycles. The maximum absolute atomic E-state index is 8.93. The number of hydrogen-bond acceptors (Lipinski definition) is 3. The van der Waals surface area contributed by atoms with E-state index in [0.717, 1.165) is 0 Å². The zero-order chi connectivity index (χ0) is 12.3. The summed E-state index contributed by atoms with van der Waals surface area (Å²) in [6, 6.07) is 14.0. The highest BCUT2D eigenvalue weighted by molar-refractivity contribution is 6.32. The van der Waals surface area contributed by atoms with Crippen molar-refractivity contribution in [3.63, 3.8) is 0 Å². The van der Waals surface area contributed by atoms with Crippen LogP contribution < -0.4 is 10.5 Å². The molecule has 0 heterocycles. The molecule has 0 fully saturated rings. The van der Waals surface area contributed by atoms with Gasteiger partial charge >= 0.3 is 0 Å². The Morgan fingerprint density at radius 2 is 1.88 bits per heavy atom. The average Bonchev–Trinajstić information content (AvgIpc) is 2.34. The van der Waals surface area contributed by atoms with Crippen molar-refractivity contribution in [1.82, 2.24) is 0 Å². The van der Waals surface area contributed by atoms with E-state index in [2.05, 4.69) is 6.07 Å². The minimum Gasteiger partial charge on any atom is -0.454 e. The minimum absolute atomic E-state index is 0.439. The summed E-state index contributed by atoms with van der Waals surface area (Å²) in [6.45, 7) is 0. The first-order valence-electron chi connectivity index (χ1n) is 4.92. The molecule has 2 aromatic carbocycles. The lowest BCUT2D eigenvalue weighted by molar-refractivity contribution is 0.481. The lowest BCUT2D eigenvalue weighted by atomic mass is 10.2. The minimum atomic E-state index is 0.439. The van der Waals surface area contributed by atoms with E-state index in [1.165, 1.54) is 0 Å². The molecular formula is C13H9ClN2O. The Kier molecular flexibility index (Phi) is 3.17. The van der Waals surface area contributed by atoms with Gasteiger partial charge in [-0.05, 0) is 24.3 Å². The number of nitrogens with zero attached hydrogens (tertiary/aromatic N) is 1. The molecule has 4 heteroatoms. The molecule has 84 valence electrons. The van der Waals surface area contributed by atoms with Gasteiger partial charge in [-0.1, -0.05) is 23.7 Å².